The fourth-order valence-corrected chi connectivity index (χ4v) is 4.07. The van der Waals surface area contributed by atoms with E-state index in [9.17, 15) is 0 Å². The number of nitrogens with zero attached hydrogens (tertiary/aromatic N) is 3. The van der Waals surface area contributed by atoms with Crippen LogP contribution in [0.5, 0.6) is 5.75 Å². The Kier molecular flexibility index (Phi) is 10.5. The molecular formula is C22H37IN4O2. The van der Waals surface area contributed by atoms with Gasteiger partial charge in [0.05, 0.1) is 19.8 Å². The van der Waals surface area contributed by atoms with E-state index in [1.807, 2.05) is 13.1 Å². The molecule has 0 bridgehead atoms. The maximum atomic E-state index is 6.02. The van der Waals surface area contributed by atoms with Crippen molar-refractivity contribution in [3.8, 4) is 5.75 Å². The summed E-state index contributed by atoms with van der Waals surface area (Å²) in [6.07, 6.45) is 1.23. The molecule has 1 aromatic carbocycles. The van der Waals surface area contributed by atoms with Gasteiger partial charge in [-0.3, -0.25) is 9.89 Å². The Hall–Kier alpha value is -1.06. The number of likely N-dealkylation sites (tertiary alicyclic amines) is 1. The van der Waals surface area contributed by atoms with E-state index in [0.29, 0.717) is 18.4 Å². The van der Waals surface area contributed by atoms with E-state index >= 15 is 0 Å². The van der Waals surface area contributed by atoms with Gasteiger partial charge < -0.3 is 19.7 Å². The van der Waals surface area contributed by atoms with Gasteiger partial charge in [0.1, 0.15) is 12.4 Å². The summed E-state index contributed by atoms with van der Waals surface area (Å²) in [5, 5.41) is 3.47. The molecule has 1 N–H and O–H groups in total. The largest absolute Gasteiger partial charge is 0.491 e. The molecule has 0 amide bonds. The van der Waals surface area contributed by atoms with Gasteiger partial charge in [-0.25, -0.2) is 0 Å². The monoisotopic (exact) mass is 516 g/mol. The van der Waals surface area contributed by atoms with Crippen LogP contribution in [0.25, 0.3) is 0 Å². The second-order valence-electron chi connectivity index (χ2n) is 8.03. The number of halogens is 1. The third kappa shape index (κ3) is 7.29. The number of para-hydroxylation sites is 1. The molecule has 2 aliphatic rings. The molecule has 0 spiro atoms. The van der Waals surface area contributed by atoms with E-state index in [0.717, 1.165) is 57.6 Å². The van der Waals surface area contributed by atoms with Gasteiger partial charge in [0.15, 0.2) is 5.96 Å². The number of benzene rings is 1. The zero-order chi connectivity index (χ0) is 19.8. The standard InChI is InChI=1S/C22H36N4O2.HI/c1-18(2)20-6-4-5-7-21(20)28-13-9-24-22(23-3)26-10-8-19(17-26)16-25-11-14-27-15-12-25;/h4-7,18-19H,8-17H2,1-3H3,(H,23,24);1H. The number of aliphatic imine (C=N–C) groups is 1. The van der Waals surface area contributed by atoms with Gasteiger partial charge in [-0.15, -0.1) is 24.0 Å². The van der Waals surface area contributed by atoms with E-state index in [2.05, 4.69) is 52.2 Å². The molecule has 2 saturated heterocycles. The second kappa shape index (κ2) is 12.6. The summed E-state index contributed by atoms with van der Waals surface area (Å²) in [5.74, 6) is 3.15. The van der Waals surface area contributed by atoms with Crippen LogP contribution in [0.15, 0.2) is 29.3 Å². The normalized spacial score (nSPS) is 20.6. The molecule has 2 heterocycles. The third-order valence-electron chi connectivity index (χ3n) is 5.60. The van der Waals surface area contributed by atoms with Crippen LogP contribution in [0.2, 0.25) is 0 Å². The summed E-state index contributed by atoms with van der Waals surface area (Å²) in [4.78, 5) is 9.40. The van der Waals surface area contributed by atoms with Gasteiger partial charge in [-0.05, 0) is 29.9 Å². The van der Waals surface area contributed by atoms with Crippen LogP contribution in [-0.4, -0.2) is 81.9 Å². The molecule has 1 aromatic rings. The highest BCUT2D eigenvalue weighted by Crippen LogP contribution is 2.25. The molecule has 0 aliphatic carbocycles. The molecule has 0 aromatic heterocycles. The summed E-state index contributed by atoms with van der Waals surface area (Å²) >= 11 is 0. The van der Waals surface area contributed by atoms with E-state index in [4.69, 9.17) is 9.47 Å². The molecule has 0 radical (unpaired) electrons. The van der Waals surface area contributed by atoms with Crippen LogP contribution >= 0.6 is 24.0 Å². The summed E-state index contributed by atoms with van der Waals surface area (Å²) in [6.45, 7) is 13.0. The molecule has 3 rings (SSSR count). The highest BCUT2D eigenvalue weighted by atomic mass is 127. The van der Waals surface area contributed by atoms with E-state index in [1.165, 1.54) is 18.5 Å². The lowest BCUT2D eigenvalue weighted by molar-refractivity contribution is 0.0315. The predicted octanol–water partition coefficient (Wildman–Crippen LogP) is 3.04. The molecule has 29 heavy (non-hydrogen) atoms. The predicted molar refractivity (Wildman–Crippen MR) is 130 cm³/mol. The van der Waals surface area contributed by atoms with E-state index in [-0.39, 0.29) is 24.0 Å². The number of rotatable bonds is 7. The Bertz CT molecular complexity index is 635. The number of nitrogens with one attached hydrogen (secondary N) is 1. The molecule has 2 fully saturated rings. The number of hydrogen-bond donors (Lipinski definition) is 1. The number of hydrogen-bond acceptors (Lipinski definition) is 4. The van der Waals surface area contributed by atoms with Crippen molar-refractivity contribution >= 4 is 29.9 Å². The smallest absolute Gasteiger partial charge is 0.193 e. The first-order chi connectivity index (χ1) is 13.7. The first-order valence-corrected chi connectivity index (χ1v) is 10.6. The van der Waals surface area contributed by atoms with Gasteiger partial charge in [-0.1, -0.05) is 32.0 Å². The van der Waals surface area contributed by atoms with E-state index < -0.39 is 0 Å². The molecular weight excluding hydrogens is 479 g/mol. The quantitative estimate of drug-likeness (QED) is 0.262. The van der Waals surface area contributed by atoms with Gasteiger partial charge in [0, 0.05) is 39.8 Å². The van der Waals surface area contributed by atoms with Gasteiger partial charge in [0.2, 0.25) is 0 Å². The van der Waals surface area contributed by atoms with Crippen LogP contribution < -0.4 is 10.1 Å². The summed E-state index contributed by atoms with van der Waals surface area (Å²) < 4.78 is 11.5. The first kappa shape index (κ1) is 24.2. The minimum atomic E-state index is 0. The van der Waals surface area contributed by atoms with Crippen molar-refractivity contribution in [3.63, 3.8) is 0 Å². The molecule has 0 saturated carbocycles. The van der Waals surface area contributed by atoms with Crippen molar-refractivity contribution in [1.29, 1.82) is 0 Å². The lowest BCUT2D eigenvalue weighted by Gasteiger charge is -2.29. The Morgan fingerprint density at radius 1 is 1.24 bits per heavy atom. The van der Waals surface area contributed by atoms with Crippen molar-refractivity contribution in [1.82, 2.24) is 15.1 Å². The fraction of sp³-hybridized carbons (Fsp3) is 0.682. The first-order valence-electron chi connectivity index (χ1n) is 10.6. The molecule has 1 atom stereocenters. The molecule has 2 aliphatic heterocycles. The molecule has 164 valence electrons. The molecule has 7 heteroatoms. The lowest BCUT2D eigenvalue weighted by Crippen LogP contribution is -2.43. The Morgan fingerprint density at radius 2 is 2.00 bits per heavy atom. The Labute approximate surface area is 193 Å². The SMILES string of the molecule is CN=C(NCCOc1ccccc1C(C)C)N1CCC(CN2CCOCC2)C1.I. The zero-order valence-electron chi connectivity index (χ0n) is 18.1. The van der Waals surface area contributed by atoms with Crippen LogP contribution in [0.3, 0.4) is 0 Å². The van der Waals surface area contributed by atoms with Crippen LogP contribution in [0.1, 0.15) is 31.7 Å². The zero-order valence-corrected chi connectivity index (χ0v) is 20.4. The summed E-state index contributed by atoms with van der Waals surface area (Å²) in [5.41, 5.74) is 1.26. The molecule has 6 nitrogen and oxygen atoms in total. The Balaban J connectivity index is 0.00000300. The molecule has 1 unspecified atom stereocenters. The van der Waals surface area contributed by atoms with E-state index in [1.54, 1.807) is 0 Å². The van der Waals surface area contributed by atoms with Crippen molar-refractivity contribution in [2.75, 3.05) is 66.1 Å². The minimum Gasteiger partial charge on any atom is -0.491 e. The van der Waals surface area contributed by atoms with Crippen molar-refractivity contribution in [3.05, 3.63) is 29.8 Å². The van der Waals surface area contributed by atoms with Gasteiger partial charge in [-0.2, -0.15) is 0 Å². The van der Waals surface area contributed by atoms with Crippen LogP contribution in [-0.2, 0) is 4.74 Å². The average Bonchev–Trinajstić information content (AvgIpc) is 3.17. The summed E-state index contributed by atoms with van der Waals surface area (Å²) in [6, 6.07) is 8.31. The minimum absolute atomic E-state index is 0. The van der Waals surface area contributed by atoms with Crippen LogP contribution in [0.4, 0.5) is 0 Å². The number of guanidine groups is 1. The van der Waals surface area contributed by atoms with Crippen molar-refractivity contribution in [2.45, 2.75) is 26.2 Å². The number of morpholine rings is 1. The highest BCUT2D eigenvalue weighted by Gasteiger charge is 2.27. The number of ether oxygens (including phenoxy) is 2. The van der Waals surface area contributed by atoms with Gasteiger partial charge in [0.25, 0.3) is 0 Å². The summed E-state index contributed by atoms with van der Waals surface area (Å²) in [7, 11) is 1.87. The maximum absolute atomic E-state index is 6.02. The highest BCUT2D eigenvalue weighted by molar-refractivity contribution is 14.0. The average molecular weight is 516 g/mol. The van der Waals surface area contributed by atoms with Gasteiger partial charge >= 0.3 is 0 Å². The Morgan fingerprint density at radius 3 is 2.72 bits per heavy atom. The topological polar surface area (TPSA) is 49.3 Å². The third-order valence-corrected chi connectivity index (χ3v) is 5.60. The van der Waals surface area contributed by atoms with Crippen molar-refractivity contribution in [2.24, 2.45) is 10.9 Å². The van der Waals surface area contributed by atoms with Crippen LogP contribution in [0, 0.1) is 5.92 Å². The van der Waals surface area contributed by atoms with Crippen molar-refractivity contribution < 1.29 is 9.47 Å². The fourth-order valence-electron chi connectivity index (χ4n) is 4.07. The maximum Gasteiger partial charge on any atom is 0.193 e. The lowest BCUT2D eigenvalue weighted by atomic mass is 10.0. The second-order valence-corrected chi connectivity index (χ2v) is 8.03.